The number of hydrogen-bond acceptors (Lipinski definition) is 7. The lowest BCUT2D eigenvalue weighted by Crippen LogP contribution is -2.44. The molecule has 2 N–H and O–H groups in total. The Balaban J connectivity index is 1.69. The Morgan fingerprint density at radius 3 is 2.40 bits per heavy atom. The van der Waals surface area contributed by atoms with Crippen LogP contribution in [0.15, 0.2) is 54.7 Å². The van der Waals surface area contributed by atoms with Crippen molar-refractivity contribution >= 4 is 17.5 Å². The molecule has 0 aliphatic carbocycles. The van der Waals surface area contributed by atoms with Gasteiger partial charge in [-0.05, 0) is 36.4 Å². The molecule has 0 saturated carbocycles. The fraction of sp³-hybridized carbons (Fsp3) is 0.269. The maximum absolute atomic E-state index is 15.1. The molecule has 0 spiro atoms. The largest absolute Gasteiger partial charge is 0.573 e. The van der Waals surface area contributed by atoms with Crippen molar-refractivity contribution in [3.8, 4) is 17.4 Å². The fourth-order valence-corrected chi connectivity index (χ4v) is 4.28. The van der Waals surface area contributed by atoms with Crippen LogP contribution < -0.4 is 24.4 Å². The number of anilines is 1. The van der Waals surface area contributed by atoms with Gasteiger partial charge in [-0.15, -0.1) is 13.2 Å². The van der Waals surface area contributed by atoms with Crippen molar-refractivity contribution in [3.63, 3.8) is 0 Å². The number of benzene rings is 2. The van der Waals surface area contributed by atoms with Crippen molar-refractivity contribution in [2.24, 2.45) is 0 Å². The molecule has 1 fully saturated rings. The van der Waals surface area contributed by atoms with Crippen molar-refractivity contribution in [1.29, 1.82) is 0 Å². The summed E-state index contributed by atoms with van der Waals surface area (Å²) >= 11 is 0. The van der Waals surface area contributed by atoms with Crippen molar-refractivity contribution in [2.75, 3.05) is 31.8 Å². The van der Waals surface area contributed by atoms with Crippen molar-refractivity contribution in [2.45, 2.75) is 18.3 Å². The van der Waals surface area contributed by atoms with Crippen LogP contribution >= 0.6 is 0 Å². The van der Waals surface area contributed by atoms with Crippen LogP contribution in [-0.4, -0.2) is 61.2 Å². The number of nitrogens with zero attached hydrogens (tertiary/aromatic N) is 2. The van der Waals surface area contributed by atoms with E-state index in [1.54, 1.807) is 0 Å². The first-order valence-electron chi connectivity index (χ1n) is 11.7. The van der Waals surface area contributed by atoms with Crippen LogP contribution in [0, 0.1) is 11.6 Å². The van der Waals surface area contributed by atoms with Gasteiger partial charge in [0.1, 0.15) is 41.5 Å². The molecule has 2 amide bonds. The molecule has 1 aliphatic heterocycles. The van der Waals surface area contributed by atoms with Gasteiger partial charge in [0, 0.05) is 41.9 Å². The number of carbonyl (C=O) groups excluding carboxylic acids is 2. The van der Waals surface area contributed by atoms with E-state index < -0.39 is 53.1 Å². The van der Waals surface area contributed by atoms with E-state index in [2.05, 4.69) is 15.0 Å². The number of hydrogen-bond donors (Lipinski definition) is 2. The number of methoxy groups -OCH3 is 1. The number of rotatable bonds is 9. The number of halogens is 5. The maximum atomic E-state index is 15.1. The Bertz CT molecular complexity index is 1360. The normalized spacial score (nSPS) is 17.1. The number of aromatic nitrogens is 1. The highest BCUT2D eigenvalue weighted by Crippen LogP contribution is 2.38. The molecule has 4 rings (SSSR count). The van der Waals surface area contributed by atoms with E-state index >= 15 is 8.78 Å². The molecule has 0 radical (unpaired) electrons. The van der Waals surface area contributed by atoms with E-state index in [0.717, 1.165) is 41.3 Å². The maximum Gasteiger partial charge on any atom is 0.573 e. The van der Waals surface area contributed by atoms with Gasteiger partial charge in [0.2, 0.25) is 11.8 Å². The Morgan fingerprint density at radius 2 is 1.80 bits per heavy atom. The molecule has 2 aromatic carbocycles. The van der Waals surface area contributed by atoms with Gasteiger partial charge in [0.15, 0.2) is 0 Å². The van der Waals surface area contributed by atoms with E-state index in [-0.39, 0.29) is 42.6 Å². The highest BCUT2D eigenvalue weighted by Gasteiger charge is 2.46. The zero-order valence-corrected chi connectivity index (χ0v) is 20.7. The number of carbonyl (C=O) groups is 2. The molecule has 3 aromatic rings. The van der Waals surface area contributed by atoms with Gasteiger partial charge in [0.25, 0.3) is 5.91 Å². The average Bonchev–Trinajstić information content (AvgIpc) is 3.21. The summed E-state index contributed by atoms with van der Waals surface area (Å²) in [5, 5.41) is 11.6. The SMILES string of the molecule is COc1cc(F)c([C@@H]2CN(c3cccnc3OCCO)C(=O)[C@H]2NC(=O)c2ccc(OC(F)(F)F)cc2)c(F)c1. The van der Waals surface area contributed by atoms with Gasteiger partial charge in [-0.25, -0.2) is 13.8 Å². The Kier molecular flexibility index (Phi) is 8.38. The molecule has 1 saturated heterocycles. The van der Waals surface area contributed by atoms with Crippen molar-refractivity contribution < 1.29 is 50.9 Å². The van der Waals surface area contributed by atoms with Gasteiger partial charge in [-0.1, -0.05) is 0 Å². The summed E-state index contributed by atoms with van der Waals surface area (Å²) in [6.07, 6.45) is -3.56. The number of aliphatic hydroxyl groups excluding tert-OH is 1. The quantitative estimate of drug-likeness (QED) is 0.381. The number of aliphatic hydroxyl groups is 1. The lowest BCUT2D eigenvalue weighted by molar-refractivity contribution is -0.274. The molecule has 2 heterocycles. The van der Waals surface area contributed by atoms with E-state index in [4.69, 9.17) is 14.6 Å². The third-order valence-corrected chi connectivity index (χ3v) is 5.98. The molecule has 212 valence electrons. The smallest absolute Gasteiger partial charge is 0.497 e. The zero-order chi connectivity index (χ0) is 29.0. The summed E-state index contributed by atoms with van der Waals surface area (Å²) in [5.74, 6) is -5.65. The molecule has 40 heavy (non-hydrogen) atoms. The summed E-state index contributed by atoms with van der Waals surface area (Å²) < 4.78 is 81.7. The van der Waals surface area contributed by atoms with E-state index in [9.17, 15) is 22.8 Å². The number of alkyl halides is 3. The topological polar surface area (TPSA) is 110 Å². The fourth-order valence-electron chi connectivity index (χ4n) is 4.28. The molecular weight excluding hydrogens is 545 g/mol. The van der Waals surface area contributed by atoms with E-state index in [1.165, 1.54) is 25.4 Å². The summed E-state index contributed by atoms with van der Waals surface area (Å²) in [6, 6.07) is 7.23. The Morgan fingerprint density at radius 1 is 1.12 bits per heavy atom. The van der Waals surface area contributed by atoms with Gasteiger partial charge in [0.05, 0.1) is 13.7 Å². The van der Waals surface area contributed by atoms with Crippen LogP contribution in [0.3, 0.4) is 0 Å². The first kappa shape index (κ1) is 28.5. The molecule has 2 atom stereocenters. The minimum absolute atomic E-state index is 0.0356. The molecule has 0 unspecified atom stereocenters. The Labute approximate surface area is 224 Å². The molecule has 1 aromatic heterocycles. The number of nitrogens with one attached hydrogen (secondary N) is 1. The Hall–Kier alpha value is -4.46. The highest BCUT2D eigenvalue weighted by molar-refractivity contribution is 6.05. The lowest BCUT2D eigenvalue weighted by atomic mass is 9.92. The zero-order valence-electron chi connectivity index (χ0n) is 20.7. The third-order valence-electron chi connectivity index (χ3n) is 5.98. The number of amides is 2. The molecule has 0 bridgehead atoms. The minimum Gasteiger partial charge on any atom is -0.497 e. The van der Waals surface area contributed by atoms with Crippen LogP contribution in [0.4, 0.5) is 27.6 Å². The van der Waals surface area contributed by atoms with Crippen LogP contribution in [0.5, 0.6) is 17.4 Å². The number of ether oxygens (including phenoxy) is 3. The van der Waals surface area contributed by atoms with Crippen LogP contribution in [-0.2, 0) is 4.79 Å². The summed E-state index contributed by atoms with van der Waals surface area (Å²) in [4.78, 5) is 31.8. The minimum atomic E-state index is -4.94. The van der Waals surface area contributed by atoms with E-state index in [0.29, 0.717) is 0 Å². The number of pyridine rings is 1. The van der Waals surface area contributed by atoms with Gasteiger partial charge >= 0.3 is 6.36 Å². The third kappa shape index (κ3) is 6.22. The van der Waals surface area contributed by atoms with Crippen molar-refractivity contribution in [1.82, 2.24) is 10.3 Å². The van der Waals surface area contributed by atoms with Gasteiger partial charge in [-0.3, -0.25) is 9.59 Å². The van der Waals surface area contributed by atoms with Gasteiger partial charge in [-0.2, -0.15) is 0 Å². The van der Waals surface area contributed by atoms with Crippen molar-refractivity contribution in [3.05, 3.63) is 77.5 Å². The molecule has 1 aliphatic rings. The second-order valence-electron chi connectivity index (χ2n) is 8.48. The standard InChI is InChI=1S/C26H22F5N3O6/c1-38-16-11-18(27)21(19(28)12-16)17-13-34(20-3-2-8-32-24(20)39-10-9-35)25(37)22(17)33-23(36)14-4-6-15(7-5-14)40-26(29,30)31/h2-8,11-12,17,22,35H,9-10,13H2,1H3,(H,33,36)/t17-,22-/m0/s1. The molecule has 9 nitrogen and oxygen atoms in total. The lowest BCUT2D eigenvalue weighted by Gasteiger charge is -2.20. The predicted molar refractivity (Wildman–Crippen MR) is 129 cm³/mol. The van der Waals surface area contributed by atoms with Crippen LogP contribution in [0.25, 0.3) is 0 Å². The first-order valence-corrected chi connectivity index (χ1v) is 11.7. The first-order chi connectivity index (χ1) is 19.0. The second-order valence-corrected chi connectivity index (χ2v) is 8.48. The summed E-state index contributed by atoms with van der Waals surface area (Å²) in [7, 11) is 1.22. The predicted octanol–water partition coefficient (Wildman–Crippen LogP) is 3.57. The molecular formula is C26H22F5N3O6. The summed E-state index contributed by atoms with van der Waals surface area (Å²) in [6.45, 7) is -0.796. The average molecular weight is 567 g/mol. The van der Waals surface area contributed by atoms with Crippen LogP contribution in [0.2, 0.25) is 0 Å². The van der Waals surface area contributed by atoms with Crippen LogP contribution in [0.1, 0.15) is 21.8 Å². The molecule has 14 heteroatoms. The highest BCUT2D eigenvalue weighted by atomic mass is 19.4. The van der Waals surface area contributed by atoms with E-state index in [1.807, 2.05) is 0 Å². The summed E-state index contributed by atoms with van der Waals surface area (Å²) in [5.41, 5.74) is -0.494. The van der Waals surface area contributed by atoms with Gasteiger partial charge < -0.3 is 29.5 Å². The second kappa shape index (κ2) is 11.7. The monoisotopic (exact) mass is 567 g/mol.